The lowest BCUT2D eigenvalue weighted by Crippen LogP contribution is -2.31. The third-order valence-electron chi connectivity index (χ3n) is 5.84. The average Bonchev–Trinajstić information content (AvgIpc) is 2.68. The van der Waals surface area contributed by atoms with Gasteiger partial charge in [-0.2, -0.15) is 0 Å². The van der Waals surface area contributed by atoms with Gasteiger partial charge in [0.15, 0.2) is 0 Å². The Balaban J connectivity index is 1.57. The molecule has 0 heterocycles. The van der Waals surface area contributed by atoms with Crippen LogP contribution in [-0.2, 0) is 0 Å². The summed E-state index contributed by atoms with van der Waals surface area (Å²) in [6.07, 6.45) is 7.44. The Morgan fingerprint density at radius 3 is 2.18 bits per heavy atom. The van der Waals surface area contributed by atoms with Gasteiger partial charge >= 0.3 is 0 Å². The van der Waals surface area contributed by atoms with Gasteiger partial charge in [0.05, 0.1) is 0 Å². The van der Waals surface area contributed by atoms with Gasteiger partial charge in [0.1, 0.15) is 0 Å². The second-order valence-corrected chi connectivity index (χ2v) is 8.06. The second kappa shape index (κ2) is 3.98. The molecule has 0 aromatic carbocycles. The number of hydrogen-bond acceptors (Lipinski definition) is 1. The summed E-state index contributed by atoms with van der Waals surface area (Å²) in [4.78, 5) is 0. The molecule has 0 aromatic rings. The molecule has 3 saturated carbocycles. The van der Waals surface area contributed by atoms with E-state index in [0.29, 0.717) is 5.41 Å². The molecular formula is C16H29N. The van der Waals surface area contributed by atoms with Crippen LogP contribution in [-0.4, -0.2) is 13.1 Å². The topological polar surface area (TPSA) is 12.0 Å². The van der Waals surface area contributed by atoms with Gasteiger partial charge in [-0.05, 0) is 74.2 Å². The summed E-state index contributed by atoms with van der Waals surface area (Å²) < 4.78 is 0. The Morgan fingerprint density at radius 2 is 1.71 bits per heavy atom. The first kappa shape index (κ1) is 12.0. The maximum atomic E-state index is 3.63. The normalized spacial score (nSPS) is 44.8. The predicted octanol–water partition coefficient (Wildman–Crippen LogP) is 3.69. The molecule has 3 aliphatic rings. The molecule has 0 amide bonds. The van der Waals surface area contributed by atoms with Crippen LogP contribution < -0.4 is 5.32 Å². The van der Waals surface area contributed by atoms with Gasteiger partial charge in [-0.25, -0.2) is 0 Å². The SMILES string of the molecule is CNC(CCC(C)(C)C)C1C2C3CCC(C3)C21. The molecule has 17 heavy (non-hydrogen) atoms. The van der Waals surface area contributed by atoms with E-state index >= 15 is 0 Å². The van der Waals surface area contributed by atoms with E-state index in [-0.39, 0.29) is 0 Å². The molecule has 0 saturated heterocycles. The van der Waals surface area contributed by atoms with Crippen molar-refractivity contribution in [2.45, 2.75) is 58.9 Å². The lowest BCUT2D eigenvalue weighted by molar-refractivity contribution is 0.297. The first-order valence-electron chi connectivity index (χ1n) is 7.68. The molecule has 2 bridgehead atoms. The molecule has 3 fully saturated rings. The van der Waals surface area contributed by atoms with E-state index in [1.807, 2.05) is 0 Å². The van der Waals surface area contributed by atoms with Crippen molar-refractivity contribution < 1.29 is 0 Å². The number of nitrogens with one attached hydrogen (secondary N) is 1. The highest BCUT2D eigenvalue weighted by Gasteiger charge is 2.66. The molecule has 0 aliphatic heterocycles. The van der Waals surface area contributed by atoms with Crippen LogP contribution in [0.1, 0.15) is 52.9 Å². The quantitative estimate of drug-likeness (QED) is 0.783. The zero-order valence-corrected chi connectivity index (χ0v) is 12.0. The number of rotatable bonds is 4. The van der Waals surface area contributed by atoms with Crippen LogP contribution >= 0.6 is 0 Å². The van der Waals surface area contributed by atoms with Gasteiger partial charge < -0.3 is 5.32 Å². The van der Waals surface area contributed by atoms with E-state index in [9.17, 15) is 0 Å². The van der Waals surface area contributed by atoms with E-state index in [0.717, 1.165) is 35.6 Å². The number of fused-ring (bicyclic) bond motifs is 5. The van der Waals surface area contributed by atoms with Crippen LogP contribution in [0.2, 0.25) is 0 Å². The molecule has 1 heteroatoms. The van der Waals surface area contributed by atoms with Crippen LogP contribution in [0, 0.1) is 35.0 Å². The minimum atomic E-state index is 0.498. The van der Waals surface area contributed by atoms with E-state index in [1.165, 1.54) is 12.8 Å². The maximum absolute atomic E-state index is 3.63. The molecule has 1 N–H and O–H groups in total. The van der Waals surface area contributed by atoms with Crippen molar-refractivity contribution in [1.82, 2.24) is 5.32 Å². The summed E-state index contributed by atoms with van der Waals surface area (Å²) in [5.41, 5.74) is 0.498. The molecule has 5 atom stereocenters. The minimum absolute atomic E-state index is 0.498. The molecule has 3 aliphatic carbocycles. The van der Waals surface area contributed by atoms with Crippen molar-refractivity contribution in [3.8, 4) is 0 Å². The highest BCUT2D eigenvalue weighted by Crippen LogP contribution is 2.70. The van der Waals surface area contributed by atoms with Gasteiger partial charge in [0.2, 0.25) is 0 Å². The summed E-state index contributed by atoms with van der Waals surface area (Å²) in [5, 5.41) is 3.63. The van der Waals surface area contributed by atoms with Gasteiger partial charge in [-0.15, -0.1) is 0 Å². The van der Waals surface area contributed by atoms with Crippen molar-refractivity contribution in [1.29, 1.82) is 0 Å². The Kier molecular flexibility index (Phi) is 2.81. The maximum Gasteiger partial charge on any atom is 0.00982 e. The Labute approximate surface area is 107 Å². The first-order chi connectivity index (χ1) is 8.01. The highest BCUT2D eigenvalue weighted by atomic mass is 14.9. The van der Waals surface area contributed by atoms with Gasteiger partial charge in [-0.3, -0.25) is 0 Å². The standard InChI is InChI=1S/C16H29N/c1-16(2,3)8-7-12(17-4)15-13-10-5-6-11(9-10)14(13)15/h10-15,17H,5-9H2,1-4H3. The first-order valence-corrected chi connectivity index (χ1v) is 7.68. The van der Waals surface area contributed by atoms with Gasteiger partial charge in [0.25, 0.3) is 0 Å². The van der Waals surface area contributed by atoms with E-state index < -0.39 is 0 Å². The van der Waals surface area contributed by atoms with Crippen LogP contribution in [0.5, 0.6) is 0 Å². The fourth-order valence-electron chi connectivity index (χ4n) is 5.05. The van der Waals surface area contributed by atoms with Crippen LogP contribution in [0.15, 0.2) is 0 Å². The fraction of sp³-hybridized carbons (Fsp3) is 1.00. The van der Waals surface area contributed by atoms with E-state index in [1.54, 1.807) is 19.3 Å². The highest BCUT2D eigenvalue weighted by molar-refractivity contribution is 5.15. The van der Waals surface area contributed by atoms with Crippen molar-refractivity contribution in [2.75, 3.05) is 7.05 Å². The van der Waals surface area contributed by atoms with E-state index in [4.69, 9.17) is 0 Å². The molecule has 98 valence electrons. The molecule has 0 aromatic heterocycles. The Morgan fingerprint density at radius 1 is 1.12 bits per heavy atom. The zero-order chi connectivity index (χ0) is 12.2. The summed E-state index contributed by atoms with van der Waals surface area (Å²) in [5.74, 6) is 5.56. The van der Waals surface area contributed by atoms with Crippen molar-refractivity contribution in [3.63, 3.8) is 0 Å². The third kappa shape index (κ3) is 2.05. The zero-order valence-electron chi connectivity index (χ0n) is 12.0. The predicted molar refractivity (Wildman–Crippen MR) is 72.8 cm³/mol. The van der Waals surface area contributed by atoms with Crippen LogP contribution in [0.4, 0.5) is 0 Å². The summed E-state index contributed by atoms with van der Waals surface area (Å²) in [6.45, 7) is 7.12. The van der Waals surface area contributed by atoms with Crippen LogP contribution in [0.25, 0.3) is 0 Å². The largest absolute Gasteiger partial charge is 0.317 e. The lowest BCUT2D eigenvalue weighted by Gasteiger charge is -2.25. The third-order valence-corrected chi connectivity index (χ3v) is 5.84. The van der Waals surface area contributed by atoms with Crippen molar-refractivity contribution in [2.24, 2.45) is 35.0 Å². The Hall–Kier alpha value is -0.0400. The van der Waals surface area contributed by atoms with Crippen molar-refractivity contribution in [3.05, 3.63) is 0 Å². The molecule has 5 unspecified atom stereocenters. The fourth-order valence-corrected chi connectivity index (χ4v) is 5.05. The molecule has 3 rings (SSSR count). The lowest BCUT2D eigenvalue weighted by atomic mass is 9.86. The summed E-state index contributed by atoms with van der Waals surface area (Å²) in [6, 6.07) is 0.813. The number of hydrogen-bond donors (Lipinski definition) is 1. The van der Waals surface area contributed by atoms with Crippen molar-refractivity contribution >= 4 is 0 Å². The van der Waals surface area contributed by atoms with Crippen LogP contribution in [0.3, 0.4) is 0 Å². The average molecular weight is 235 g/mol. The smallest absolute Gasteiger partial charge is 0.00982 e. The molecule has 1 nitrogen and oxygen atoms in total. The molecule has 0 spiro atoms. The monoisotopic (exact) mass is 235 g/mol. The summed E-state index contributed by atoms with van der Waals surface area (Å²) in [7, 11) is 2.18. The van der Waals surface area contributed by atoms with Gasteiger partial charge in [-0.1, -0.05) is 20.8 Å². The minimum Gasteiger partial charge on any atom is -0.317 e. The molecular weight excluding hydrogens is 206 g/mol. The molecule has 0 radical (unpaired) electrons. The summed E-state index contributed by atoms with van der Waals surface area (Å²) >= 11 is 0. The van der Waals surface area contributed by atoms with Gasteiger partial charge in [0, 0.05) is 6.04 Å². The second-order valence-electron chi connectivity index (χ2n) is 8.06. The Bertz CT molecular complexity index is 274. The van der Waals surface area contributed by atoms with E-state index in [2.05, 4.69) is 33.1 Å².